The van der Waals surface area contributed by atoms with E-state index in [1.54, 1.807) is 30.5 Å². The fourth-order valence-corrected chi connectivity index (χ4v) is 2.02. The van der Waals surface area contributed by atoms with E-state index in [1.807, 2.05) is 6.07 Å². The van der Waals surface area contributed by atoms with E-state index in [9.17, 15) is 9.90 Å². The van der Waals surface area contributed by atoms with Crippen molar-refractivity contribution in [3.05, 3.63) is 42.2 Å². The number of aromatic nitrogens is 2. The van der Waals surface area contributed by atoms with Gasteiger partial charge in [0.2, 0.25) is 0 Å². The van der Waals surface area contributed by atoms with Gasteiger partial charge in [0, 0.05) is 6.20 Å². The van der Waals surface area contributed by atoms with Crippen molar-refractivity contribution in [1.82, 2.24) is 10.2 Å². The molecule has 0 saturated carbocycles. The number of hydrogen-bond acceptors (Lipinski definition) is 3. The van der Waals surface area contributed by atoms with Crippen molar-refractivity contribution in [1.29, 1.82) is 0 Å². The zero-order valence-corrected chi connectivity index (χ0v) is 9.41. The molecule has 6 heteroatoms. The van der Waals surface area contributed by atoms with Crippen LogP contribution in [0.15, 0.2) is 36.5 Å². The minimum absolute atomic E-state index is 0.245. The van der Waals surface area contributed by atoms with Crippen LogP contribution in [0.2, 0.25) is 0 Å². The number of ether oxygens (including phenoxy) is 1. The quantitative estimate of drug-likeness (QED) is 0.805. The normalized spacial score (nSPS) is 18.0. The minimum Gasteiger partial charge on any atom is -0.480 e. The van der Waals surface area contributed by atoms with Gasteiger partial charge in [0.15, 0.2) is 6.10 Å². The summed E-state index contributed by atoms with van der Waals surface area (Å²) in [6, 6.07) is 8.86. The Labute approximate surface area is 103 Å². The van der Waals surface area contributed by atoms with Gasteiger partial charge in [-0.25, -0.2) is 4.79 Å². The third-order valence-corrected chi connectivity index (χ3v) is 2.87. The lowest BCUT2D eigenvalue weighted by Gasteiger charge is -2.32. The smallest absolute Gasteiger partial charge is 0.412 e. The summed E-state index contributed by atoms with van der Waals surface area (Å²) in [4.78, 5) is 12.6. The van der Waals surface area contributed by atoms with Gasteiger partial charge in [0.1, 0.15) is 5.75 Å². The van der Waals surface area contributed by atoms with Gasteiger partial charge in [-0.05, 0) is 18.2 Å². The average Bonchev–Trinajstić information content (AvgIpc) is 2.91. The fraction of sp³-hybridized carbons (Fsp3) is 0.167. The first-order valence-corrected chi connectivity index (χ1v) is 5.51. The molecule has 1 aromatic carbocycles. The number of carboxylic acid groups (broad SMARTS) is 1. The number of nitrogens with one attached hydrogen (secondary N) is 1. The molecule has 1 atom stereocenters. The van der Waals surface area contributed by atoms with Gasteiger partial charge < -0.3 is 9.84 Å². The first kappa shape index (κ1) is 10.6. The third kappa shape index (κ3) is 1.67. The number of amides is 1. The Morgan fingerprint density at radius 1 is 1.44 bits per heavy atom. The summed E-state index contributed by atoms with van der Waals surface area (Å²) in [6.45, 7) is 0.245. The number of nitrogens with zero attached hydrogens (tertiary/aromatic N) is 2. The molecule has 0 spiro atoms. The van der Waals surface area contributed by atoms with Crippen LogP contribution >= 0.6 is 0 Å². The van der Waals surface area contributed by atoms with Gasteiger partial charge in [0.05, 0.1) is 17.9 Å². The predicted molar refractivity (Wildman–Crippen MR) is 63.8 cm³/mol. The molecule has 1 aliphatic rings. The van der Waals surface area contributed by atoms with Crippen molar-refractivity contribution >= 4 is 11.8 Å². The minimum atomic E-state index is -0.990. The summed E-state index contributed by atoms with van der Waals surface area (Å²) in [5.41, 5.74) is 1.33. The van der Waals surface area contributed by atoms with Gasteiger partial charge in [-0.1, -0.05) is 12.1 Å². The van der Waals surface area contributed by atoms with Crippen LogP contribution in [0.5, 0.6) is 5.75 Å². The molecule has 2 N–H and O–H groups in total. The van der Waals surface area contributed by atoms with Crippen LogP contribution in [0.4, 0.5) is 10.5 Å². The number of hydrogen-bond donors (Lipinski definition) is 2. The Hall–Kier alpha value is -2.50. The zero-order valence-electron chi connectivity index (χ0n) is 9.41. The van der Waals surface area contributed by atoms with E-state index in [2.05, 4.69) is 10.2 Å². The number of H-pyrrole nitrogens is 1. The summed E-state index contributed by atoms with van der Waals surface area (Å²) in [6.07, 6.45) is 0.262. The molecule has 92 valence electrons. The molecule has 0 radical (unpaired) electrons. The number of benzene rings is 1. The van der Waals surface area contributed by atoms with Crippen molar-refractivity contribution in [2.45, 2.75) is 6.10 Å². The lowest BCUT2D eigenvalue weighted by atomic mass is 10.1. The maximum absolute atomic E-state index is 11.3. The highest BCUT2D eigenvalue weighted by Gasteiger charge is 2.30. The largest absolute Gasteiger partial charge is 0.480 e. The van der Waals surface area contributed by atoms with Crippen LogP contribution < -0.4 is 9.64 Å². The van der Waals surface area contributed by atoms with Crippen molar-refractivity contribution in [2.75, 3.05) is 11.4 Å². The van der Waals surface area contributed by atoms with Gasteiger partial charge in [-0.2, -0.15) is 5.10 Å². The molecule has 1 amide bonds. The predicted octanol–water partition coefficient (Wildman–Crippen LogP) is 2.03. The molecule has 6 nitrogen and oxygen atoms in total. The molecule has 2 aromatic rings. The molecule has 0 bridgehead atoms. The van der Waals surface area contributed by atoms with Gasteiger partial charge in [-0.3, -0.25) is 10.00 Å². The zero-order chi connectivity index (χ0) is 12.5. The molecular weight excluding hydrogens is 234 g/mol. The van der Waals surface area contributed by atoms with Crippen LogP contribution in [-0.2, 0) is 0 Å². The Balaban J connectivity index is 2.00. The van der Waals surface area contributed by atoms with E-state index < -0.39 is 6.09 Å². The lowest BCUT2D eigenvalue weighted by molar-refractivity contribution is 0.172. The van der Waals surface area contributed by atoms with E-state index in [1.165, 1.54) is 4.90 Å². The first-order valence-electron chi connectivity index (χ1n) is 5.51. The Kier molecular flexibility index (Phi) is 2.40. The van der Waals surface area contributed by atoms with Crippen LogP contribution in [0.25, 0.3) is 0 Å². The SMILES string of the molecule is O=C(O)N1CC(c2ccn[nH]2)Oc2ccccc21. The summed E-state index contributed by atoms with van der Waals surface area (Å²) < 4.78 is 5.78. The second-order valence-electron chi connectivity index (χ2n) is 3.98. The molecule has 0 saturated heterocycles. The summed E-state index contributed by atoms with van der Waals surface area (Å²) in [5, 5.41) is 15.9. The summed E-state index contributed by atoms with van der Waals surface area (Å²) in [5.74, 6) is 0.561. The number of para-hydroxylation sites is 2. The highest BCUT2D eigenvalue weighted by molar-refractivity contribution is 5.88. The fourth-order valence-electron chi connectivity index (χ4n) is 2.02. The van der Waals surface area contributed by atoms with Gasteiger partial charge in [-0.15, -0.1) is 0 Å². The molecule has 18 heavy (non-hydrogen) atoms. The highest BCUT2D eigenvalue weighted by atomic mass is 16.5. The maximum Gasteiger partial charge on any atom is 0.412 e. The van der Waals surface area contributed by atoms with Crippen molar-refractivity contribution in [3.8, 4) is 5.75 Å². The second kappa shape index (κ2) is 4.06. The highest BCUT2D eigenvalue weighted by Crippen LogP contribution is 2.37. The monoisotopic (exact) mass is 245 g/mol. The molecule has 1 aliphatic heterocycles. The van der Waals surface area contributed by atoms with Crippen molar-refractivity contribution < 1.29 is 14.6 Å². The van der Waals surface area contributed by atoms with Crippen LogP contribution in [0, 0.1) is 0 Å². The Morgan fingerprint density at radius 2 is 2.28 bits per heavy atom. The molecule has 0 aliphatic carbocycles. The van der Waals surface area contributed by atoms with E-state index in [0.29, 0.717) is 11.4 Å². The third-order valence-electron chi connectivity index (χ3n) is 2.87. The van der Waals surface area contributed by atoms with Crippen LogP contribution in [-0.4, -0.2) is 27.9 Å². The topological polar surface area (TPSA) is 78.5 Å². The second-order valence-corrected chi connectivity index (χ2v) is 3.98. The van der Waals surface area contributed by atoms with E-state index in [4.69, 9.17) is 4.74 Å². The maximum atomic E-state index is 11.3. The van der Waals surface area contributed by atoms with Crippen molar-refractivity contribution in [2.24, 2.45) is 0 Å². The number of carbonyl (C=O) groups is 1. The molecule has 0 fully saturated rings. The molecule has 1 aromatic heterocycles. The molecule has 2 heterocycles. The van der Waals surface area contributed by atoms with Gasteiger partial charge >= 0.3 is 6.09 Å². The number of rotatable bonds is 1. The average molecular weight is 245 g/mol. The molecule has 3 rings (SSSR count). The summed E-state index contributed by atoms with van der Waals surface area (Å²) in [7, 11) is 0. The van der Waals surface area contributed by atoms with Gasteiger partial charge in [0.25, 0.3) is 0 Å². The summed E-state index contributed by atoms with van der Waals surface area (Å²) >= 11 is 0. The van der Waals surface area contributed by atoms with E-state index >= 15 is 0 Å². The number of anilines is 1. The van der Waals surface area contributed by atoms with E-state index in [0.717, 1.165) is 5.69 Å². The molecular formula is C12H11N3O3. The van der Waals surface area contributed by atoms with Crippen LogP contribution in [0.3, 0.4) is 0 Å². The van der Waals surface area contributed by atoms with Crippen LogP contribution in [0.1, 0.15) is 11.8 Å². The standard InChI is InChI=1S/C12H11N3O3/c16-12(17)15-7-11(8-5-6-13-14-8)18-10-4-2-1-3-9(10)15/h1-6,11H,7H2,(H,13,14)(H,16,17). The van der Waals surface area contributed by atoms with Crippen molar-refractivity contribution in [3.63, 3.8) is 0 Å². The lowest BCUT2D eigenvalue weighted by Crippen LogP contribution is -2.38. The Bertz CT molecular complexity index is 568. The molecule has 1 unspecified atom stereocenters. The Morgan fingerprint density at radius 3 is 3.00 bits per heavy atom. The number of aromatic amines is 1. The van der Waals surface area contributed by atoms with E-state index in [-0.39, 0.29) is 12.6 Å². The first-order chi connectivity index (χ1) is 8.75. The number of fused-ring (bicyclic) bond motifs is 1.